The van der Waals surface area contributed by atoms with Crippen molar-refractivity contribution >= 4 is 36.8 Å². The van der Waals surface area contributed by atoms with Crippen molar-refractivity contribution in [3.8, 4) is 0 Å². The lowest BCUT2D eigenvalue weighted by Crippen LogP contribution is -2.45. The molecule has 1 aliphatic heterocycles. The molecule has 0 aromatic heterocycles. The fraction of sp³-hybridized carbons (Fsp3) is 0.833. The van der Waals surface area contributed by atoms with E-state index in [1.165, 1.54) is 0 Å². The van der Waals surface area contributed by atoms with Crippen molar-refractivity contribution in [2.45, 2.75) is 0 Å². The van der Waals surface area contributed by atoms with E-state index in [9.17, 15) is 9.59 Å². The van der Waals surface area contributed by atoms with E-state index in [0.29, 0.717) is 52.4 Å². The molecule has 22 heavy (non-hydrogen) atoms. The van der Waals surface area contributed by atoms with Gasteiger partial charge in [0.15, 0.2) is 0 Å². The molecule has 0 radical (unpaired) electrons. The maximum Gasteiger partial charge on any atom is 0.317 e. The highest BCUT2D eigenvalue weighted by atomic mass is 35.5. The first-order valence-electron chi connectivity index (χ1n) is 6.87. The van der Waals surface area contributed by atoms with Gasteiger partial charge in [0.25, 0.3) is 0 Å². The third-order valence-corrected chi connectivity index (χ3v) is 3.14. The van der Waals surface area contributed by atoms with Gasteiger partial charge in [-0.15, -0.1) is 24.8 Å². The van der Waals surface area contributed by atoms with Crippen LogP contribution >= 0.6 is 24.8 Å². The summed E-state index contributed by atoms with van der Waals surface area (Å²) in [6.45, 7) is 5.60. The quantitative estimate of drug-likeness (QED) is 0.495. The minimum Gasteiger partial charge on any atom is -0.480 e. The fourth-order valence-electron chi connectivity index (χ4n) is 2.12. The van der Waals surface area contributed by atoms with E-state index in [4.69, 9.17) is 10.2 Å². The second kappa shape index (κ2) is 14.0. The van der Waals surface area contributed by atoms with E-state index in [0.717, 1.165) is 0 Å². The average Bonchev–Trinajstić information content (AvgIpc) is 2.33. The first kappa shape index (κ1) is 23.6. The normalized spacial score (nSPS) is 18.9. The maximum absolute atomic E-state index is 10.7. The van der Waals surface area contributed by atoms with Crippen LogP contribution in [0.3, 0.4) is 0 Å². The molecule has 10 heteroatoms. The van der Waals surface area contributed by atoms with Gasteiger partial charge >= 0.3 is 11.9 Å². The number of nitrogens with zero attached hydrogens (tertiary/aromatic N) is 2. The molecule has 0 amide bonds. The van der Waals surface area contributed by atoms with Crippen molar-refractivity contribution in [3.05, 3.63) is 0 Å². The number of rotatable bonds is 4. The summed E-state index contributed by atoms with van der Waals surface area (Å²) in [5.41, 5.74) is 0. The first-order chi connectivity index (χ1) is 9.58. The number of halogens is 2. The number of carboxylic acid groups (broad SMARTS) is 2. The van der Waals surface area contributed by atoms with Crippen molar-refractivity contribution in [3.63, 3.8) is 0 Å². The Labute approximate surface area is 143 Å². The third-order valence-electron chi connectivity index (χ3n) is 3.14. The monoisotopic (exact) mass is 360 g/mol. The van der Waals surface area contributed by atoms with Crippen LogP contribution in [-0.4, -0.2) is 97.4 Å². The third kappa shape index (κ3) is 12.0. The van der Waals surface area contributed by atoms with Crippen LogP contribution in [-0.2, 0) is 9.59 Å². The number of carbonyl (C=O) groups is 2. The standard InChI is InChI=1S/C12H24N4O4.2ClH/c17-11(18)9-15-5-1-13-2-6-16(10-12(19)20)8-4-14-3-7-15;;/h13-14H,1-10H2,(H,17,18)(H,19,20);2*1H. The van der Waals surface area contributed by atoms with Gasteiger partial charge in [-0.2, -0.15) is 0 Å². The van der Waals surface area contributed by atoms with Gasteiger partial charge in [-0.25, -0.2) is 0 Å². The molecule has 0 aliphatic carbocycles. The van der Waals surface area contributed by atoms with Crippen LogP contribution in [0.4, 0.5) is 0 Å². The van der Waals surface area contributed by atoms with Crippen molar-refractivity contribution in [1.29, 1.82) is 0 Å². The molecule has 0 bridgehead atoms. The van der Waals surface area contributed by atoms with Crippen LogP contribution in [0.15, 0.2) is 0 Å². The molecule has 0 aromatic rings. The molecule has 0 saturated carbocycles. The fourth-order valence-corrected chi connectivity index (χ4v) is 2.12. The van der Waals surface area contributed by atoms with Gasteiger partial charge in [0.05, 0.1) is 13.1 Å². The molecule has 0 aromatic carbocycles. The Hall–Kier alpha value is -0.640. The zero-order valence-electron chi connectivity index (χ0n) is 12.5. The second-order valence-electron chi connectivity index (χ2n) is 4.84. The Kier molecular flexibility index (Phi) is 15.0. The van der Waals surface area contributed by atoms with Crippen LogP contribution in [0, 0.1) is 0 Å². The highest BCUT2D eigenvalue weighted by Crippen LogP contribution is 1.90. The minimum atomic E-state index is -0.815. The van der Waals surface area contributed by atoms with Crippen molar-refractivity contribution < 1.29 is 19.8 Å². The highest BCUT2D eigenvalue weighted by Gasteiger charge is 2.12. The van der Waals surface area contributed by atoms with Gasteiger partial charge in [0.2, 0.25) is 0 Å². The van der Waals surface area contributed by atoms with Crippen LogP contribution in [0.1, 0.15) is 0 Å². The number of carboxylic acids is 2. The molecule has 132 valence electrons. The van der Waals surface area contributed by atoms with Crippen molar-refractivity contribution in [1.82, 2.24) is 20.4 Å². The molecule has 4 N–H and O–H groups in total. The molecule has 8 nitrogen and oxygen atoms in total. The first-order valence-corrected chi connectivity index (χ1v) is 6.87. The van der Waals surface area contributed by atoms with E-state index in [2.05, 4.69) is 10.6 Å². The van der Waals surface area contributed by atoms with Gasteiger partial charge in [-0.3, -0.25) is 19.4 Å². The van der Waals surface area contributed by atoms with E-state index in [-0.39, 0.29) is 37.9 Å². The predicted molar refractivity (Wildman–Crippen MR) is 88.4 cm³/mol. The smallest absolute Gasteiger partial charge is 0.317 e. The van der Waals surface area contributed by atoms with Crippen LogP contribution < -0.4 is 10.6 Å². The Morgan fingerprint density at radius 1 is 0.727 bits per heavy atom. The van der Waals surface area contributed by atoms with Crippen LogP contribution in [0.5, 0.6) is 0 Å². The Balaban J connectivity index is 0. The highest BCUT2D eigenvalue weighted by molar-refractivity contribution is 5.85. The SMILES string of the molecule is Cl.Cl.O=C(O)CN1CCNCCN(CC(=O)O)CCNCC1. The lowest BCUT2D eigenvalue weighted by atomic mass is 10.3. The van der Waals surface area contributed by atoms with Gasteiger partial charge in [-0.1, -0.05) is 0 Å². The summed E-state index contributed by atoms with van der Waals surface area (Å²) < 4.78 is 0. The summed E-state index contributed by atoms with van der Waals surface area (Å²) in [6, 6.07) is 0. The molecule has 0 spiro atoms. The summed E-state index contributed by atoms with van der Waals surface area (Å²) in [5, 5.41) is 24.1. The number of aliphatic carboxylic acids is 2. The largest absolute Gasteiger partial charge is 0.480 e. The lowest BCUT2D eigenvalue weighted by molar-refractivity contribution is -0.139. The summed E-state index contributed by atoms with van der Waals surface area (Å²) in [4.78, 5) is 25.3. The summed E-state index contributed by atoms with van der Waals surface area (Å²) >= 11 is 0. The summed E-state index contributed by atoms with van der Waals surface area (Å²) in [6.07, 6.45) is 0. The lowest BCUT2D eigenvalue weighted by Gasteiger charge is -2.25. The van der Waals surface area contributed by atoms with E-state index in [1.807, 2.05) is 9.80 Å². The number of nitrogens with one attached hydrogen (secondary N) is 2. The van der Waals surface area contributed by atoms with Gasteiger partial charge < -0.3 is 20.8 Å². The predicted octanol–water partition coefficient (Wildman–Crippen LogP) is -1.20. The molecule has 1 saturated heterocycles. The van der Waals surface area contributed by atoms with Gasteiger partial charge in [0, 0.05) is 52.4 Å². The summed E-state index contributed by atoms with van der Waals surface area (Å²) in [7, 11) is 0. The molecular formula is C12H26Cl2N4O4. The van der Waals surface area contributed by atoms with Gasteiger partial charge in [0.1, 0.15) is 0 Å². The molecule has 0 unspecified atom stereocenters. The Morgan fingerprint density at radius 3 is 1.23 bits per heavy atom. The summed E-state index contributed by atoms with van der Waals surface area (Å²) in [5.74, 6) is -1.63. The maximum atomic E-state index is 10.7. The molecule has 1 rings (SSSR count). The Morgan fingerprint density at radius 2 is 1.00 bits per heavy atom. The molecule has 1 fully saturated rings. The van der Waals surface area contributed by atoms with E-state index in [1.54, 1.807) is 0 Å². The average molecular weight is 361 g/mol. The van der Waals surface area contributed by atoms with E-state index < -0.39 is 11.9 Å². The second-order valence-corrected chi connectivity index (χ2v) is 4.84. The van der Waals surface area contributed by atoms with Crippen molar-refractivity contribution in [2.24, 2.45) is 0 Å². The molecule has 1 aliphatic rings. The molecule has 1 heterocycles. The van der Waals surface area contributed by atoms with Crippen LogP contribution in [0.2, 0.25) is 0 Å². The van der Waals surface area contributed by atoms with Crippen molar-refractivity contribution in [2.75, 3.05) is 65.4 Å². The molecule has 0 atom stereocenters. The molecular weight excluding hydrogens is 335 g/mol. The zero-order chi connectivity index (χ0) is 14.8. The minimum absolute atomic E-state index is 0. The number of hydrogen-bond donors (Lipinski definition) is 4. The Bertz CT molecular complexity index is 282. The zero-order valence-corrected chi connectivity index (χ0v) is 14.1. The topological polar surface area (TPSA) is 105 Å². The number of hydrogen-bond acceptors (Lipinski definition) is 6. The van der Waals surface area contributed by atoms with Crippen LogP contribution in [0.25, 0.3) is 0 Å². The van der Waals surface area contributed by atoms with Gasteiger partial charge in [-0.05, 0) is 0 Å². The van der Waals surface area contributed by atoms with E-state index >= 15 is 0 Å².